The topological polar surface area (TPSA) is 468 Å². The molecule has 9 amide bonds. The number of imidazole rings is 2. The molecule has 12 rings (SSSR count). The SMILES string of the molecule is CN(CCCNC(=O)c1cc(NC(=O)c2cc(NC(=O)c3cc(NC(=O)c4nc(NC(=O)[C@H](N)CCNC(=O)c5cc(NC(=O)c6cc(NC(=O)c7cc(NC(=O)c8nccn8C)cn7C)cn6C)cn5C)cn4C)cn3C)cn2C)cn1C)CCCNC(=S)Nc1ccc(-c2c3ccc(=O)cc-3oc3cc(O)ccc23)c(C(=O)O)c1. The number of hydrogen-bond acceptors (Lipinski definition) is 18. The number of thiocarbonyl (C=S) groups is 1. The Morgan fingerprint density at radius 2 is 0.931 bits per heavy atom. The van der Waals surface area contributed by atoms with Crippen molar-refractivity contribution in [3.05, 3.63) is 208 Å². The normalized spacial score (nSPS) is 11.5. The van der Waals surface area contributed by atoms with Crippen LogP contribution in [0.4, 0.5) is 45.6 Å². The van der Waals surface area contributed by atoms with Crippen molar-refractivity contribution >= 4 is 133 Å². The van der Waals surface area contributed by atoms with Crippen molar-refractivity contribution in [2.24, 2.45) is 62.1 Å². The predicted molar refractivity (Wildman–Crippen MR) is 437 cm³/mol. The maximum atomic E-state index is 13.7. The number of nitrogens with zero attached hydrogens (tertiary/aromatic N) is 11. The Kier molecular flexibility index (Phi) is 24.1. The number of rotatable bonds is 30. The van der Waals surface area contributed by atoms with Crippen LogP contribution >= 0.6 is 12.2 Å². The van der Waals surface area contributed by atoms with E-state index in [9.17, 15) is 63.0 Å². The van der Waals surface area contributed by atoms with Gasteiger partial charge >= 0.3 is 5.97 Å². The number of phenols is 1. The smallest absolute Gasteiger partial charge is 0.336 e. The third-order valence-electron chi connectivity index (χ3n) is 18.9. The summed E-state index contributed by atoms with van der Waals surface area (Å²) in [5, 5.41) is 52.4. The Bertz CT molecular complexity index is 5920. The van der Waals surface area contributed by atoms with Gasteiger partial charge in [0.2, 0.25) is 11.7 Å². The van der Waals surface area contributed by atoms with E-state index in [-0.39, 0.29) is 109 Å². The van der Waals surface area contributed by atoms with E-state index in [1.807, 2.05) is 7.05 Å². The predicted octanol–water partition coefficient (Wildman–Crippen LogP) is 6.49. The average molecular weight is 1600 g/mol. The lowest BCUT2D eigenvalue weighted by atomic mass is 9.90. The first-order valence-electron chi connectivity index (χ1n) is 36.1. The fourth-order valence-electron chi connectivity index (χ4n) is 13.1. The van der Waals surface area contributed by atoms with Crippen molar-refractivity contribution < 1.29 is 62.6 Å². The van der Waals surface area contributed by atoms with E-state index in [0.29, 0.717) is 95.2 Å². The van der Waals surface area contributed by atoms with Gasteiger partial charge in [-0.05, 0) is 130 Å². The van der Waals surface area contributed by atoms with Gasteiger partial charge in [-0.3, -0.25) is 47.9 Å². The van der Waals surface area contributed by atoms with Gasteiger partial charge in [0, 0.05) is 166 Å². The number of phenolic OH excluding ortho intramolecular Hbond substituents is 1. The number of aromatic carboxylic acids is 1. The zero-order valence-electron chi connectivity index (χ0n) is 64.3. The largest absolute Gasteiger partial charge is 0.508 e. The van der Waals surface area contributed by atoms with Crippen molar-refractivity contribution in [3.63, 3.8) is 0 Å². The summed E-state index contributed by atoms with van der Waals surface area (Å²) in [5.41, 5.74) is 11.1. The monoisotopic (exact) mass is 1600 g/mol. The number of carboxylic acids is 1. The fraction of sp³-hybridized carbons (Fsp3) is 0.231. The van der Waals surface area contributed by atoms with E-state index in [2.05, 4.69) is 73.4 Å². The van der Waals surface area contributed by atoms with Crippen molar-refractivity contribution in [3.8, 4) is 28.2 Å². The molecule has 1 aliphatic carbocycles. The fourth-order valence-corrected chi connectivity index (χ4v) is 13.3. The van der Waals surface area contributed by atoms with Gasteiger partial charge in [0.05, 0.1) is 45.7 Å². The zero-order valence-corrected chi connectivity index (χ0v) is 65.1. The molecule has 0 fully saturated rings. The molecule has 37 nitrogen and oxygen atoms in total. The second-order valence-corrected chi connectivity index (χ2v) is 28.1. The number of benzene rings is 3. The first-order chi connectivity index (χ1) is 55.3. The zero-order chi connectivity index (χ0) is 83.1. The van der Waals surface area contributed by atoms with Crippen LogP contribution in [0.15, 0.2) is 156 Å². The lowest BCUT2D eigenvalue weighted by Gasteiger charge is -2.18. The van der Waals surface area contributed by atoms with Crippen LogP contribution in [0.25, 0.3) is 33.4 Å². The summed E-state index contributed by atoms with van der Waals surface area (Å²) < 4.78 is 18.1. The molecule has 8 aromatic heterocycles. The van der Waals surface area contributed by atoms with Crippen LogP contribution < -0.4 is 69.6 Å². The van der Waals surface area contributed by atoms with E-state index in [1.54, 1.807) is 124 Å². The first-order valence-corrected chi connectivity index (χ1v) is 36.5. The number of carbonyl (C=O) groups excluding carboxylic acids is 9. The summed E-state index contributed by atoms with van der Waals surface area (Å²) in [6.07, 6.45) is 15.2. The Morgan fingerprint density at radius 1 is 0.483 bits per heavy atom. The van der Waals surface area contributed by atoms with Crippen LogP contribution in [0.1, 0.15) is 114 Å². The number of amides is 9. The molecule has 0 unspecified atom stereocenters. The third kappa shape index (κ3) is 18.8. The summed E-state index contributed by atoms with van der Waals surface area (Å²) in [6, 6.07) is 21.4. The number of anilines is 8. The highest BCUT2D eigenvalue weighted by molar-refractivity contribution is 7.80. The summed E-state index contributed by atoms with van der Waals surface area (Å²) in [6.45, 7) is 2.22. The maximum Gasteiger partial charge on any atom is 0.336 e. The molecular weight excluding hydrogens is 1520 g/mol. The lowest BCUT2D eigenvalue weighted by molar-refractivity contribution is -0.117. The molecule has 0 saturated heterocycles. The number of nitrogens with one attached hydrogen (secondary N) is 11. The van der Waals surface area contributed by atoms with Gasteiger partial charge < -0.3 is 120 Å². The van der Waals surface area contributed by atoms with Gasteiger partial charge in [-0.15, -0.1) is 0 Å². The average Bonchev–Trinajstić information content (AvgIpc) is 1.72. The summed E-state index contributed by atoms with van der Waals surface area (Å²) in [4.78, 5) is 156. The molecule has 2 aliphatic rings. The summed E-state index contributed by atoms with van der Waals surface area (Å²) in [5.74, 6) is -5.67. The molecule has 0 radical (unpaired) electrons. The molecular formula is C78H83N23O14S. The molecule has 0 saturated carbocycles. The molecule has 1 atom stereocenters. The van der Waals surface area contributed by atoms with Gasteiger partial charge in [-0.2, -0.15) is 0 Å². The molecule has 9 heterocycles. The van der Waals surface area contributed by atoms with Crippen molar-refractivity contribution in [1.29, 1.82) is 0 Å². The Labute approximate surface area is 666 Å². The molecule has 2 aromatic carbocycles. The molecule has 0 spiro atoms. The van der Waals surface area contributed by atoms with Crippen molar-refractivity contribution in [2.45, 2.75) is 25.3 Å². The number of carboxylic acid groups (broad SMARTS) is 1. The minimum absolute atomic E-state index is 0.000431. The highest BCUT2D eigenvalue weighted by Crippen LogP contribution is 2.43. The van der Waals surface area contributed by atoms with E-state index in [4.69, 9.17) is 22.4 Å². The third-order valence-corrected chi connectivity index (χ3v) is 19.1. The standard InChI is InChI=1S/C78H83N23O14S/c1-93(24-11-20-83-78(116)90-42-12-15-51(54(26-42)77(113)114)65-52-16-13-49(102)33-62(52)115-63-34-50(103)14-17-53(63)65)23-10-19-81-69(105)56-27-43(35-95(56)3)84-71(107)58-30-46(38-97(58)5)87-74(110)61-32-48(40-100(61)8)89-76(112)67-91-64(41-101(67)9)92-68(104)55(79)18-21-82-70(106)57-28-44(36-96(57)4)85-72(108)59-29-45(37-98(59)6)86-73(109)60-31-47(39-99(60)7)88-75(111)66-80-22-25-94(66)2/h12-17,22,25-41,55,102H,10-11,18-21,23-24,79H2,1-9H3,(H,81,105)(H,82,106)(H,84,107)(H,85,108)(H,86,109)(H,87,110)(H,88,111)(H,89,112)(H,92,104)(H,113,114)(H2,83,90,116)/t55-/m1/s1. The maximum absolute atomic E-state index is 13.7. The van der Waals surface area contributed by atoms with Gasteiger partial charge in [0.1, 0.15) is 51.3 Å². The lowest BCUT2D eigenvalue weighted by Crippen LogP contribution is -2.39. The first kappa shape index (κ1) is 80.8. The number of nitrogens with two attached hydrogens (primary N) is 1. The molecule has 600 valence electrons. The number of fused-ring (bicyclic) bond motifs is 2. The molecule has 116 heavy (non-hydrogen) atoms. The van der Waals surface area contributed by atoms with E-state index in [0.717, 1.165) is 0 Å². The van der Waals surface area contributed by atoms with Crippen molar-refractivity contribution in [1.82, 2.24) is 67.4 Å². The number of aromatic nitrogens is 10. The highest BCUT2D eigenvalue weighted by atomic mass is 32.1. The molecule has 1 aliphatic heterocycles. The molecule has 38 heteroatoms. The quantitative estimate of drug-likeness (QED) is 0.0130. The second-order valence-electron chi connectivity index (χ2n) is 27.7. The van der Waals surface area contributed by atoms with Crippen LogP contribution in [-0.4, -0.2) is 172 Å². The van der Waals surface area contributed by atoms with Crippen LogP contribution in [0.3, 0.4) is 0 Å². The van der Waals surface area contributed by atoms with Gasteiger partial charge in [0.15, 0.2) is 22.2 Å². The minimum atomic E-state index is -1.19. The van der Waals surface area contributed by atoms with Crippen LogP contribution in [0, 0.1) is 0 Å². The molecule has 10 aromatic rings. The Balaban J connectivity index is 0.536. The molecule has 0 bridgehead atoms. The van der Waals surface area contributed by atoms with Gasteiger partial charge in [-0.25, -0.2) is 14.8 Å². The summed E-state index contributed by atoms with van der Waals surface area (Å²) in [7, 11) is 15.0. The van der Waals surface area contributed by atoms with E-state index in [1.165, 1.54) is 115 Å². The Hall–Kier alpha value is -14.7. The number of hydrogen-bond donors (Lipinski definition) is 14. The van der Waals surface area contributed by atoms with Gasteiger partial charge in [-0.1, -0.05) is 6.07 Å². The van der Waals surface area contributed by atoms with Crippen LogP contribution in [0.2, 0.25) is 0 Å². The Morgan fingerprint density at radius 3 is 1.41 bits per heavy atom. The second kappa shape index (κ2) is 34.5. The van der Waals surface area contributed by atoms with Crippen LogP contribution in [-0.2, 0) is 61.2 Å². The van der Waals surface area contributed by atoms with Crippen LogP contribution in [0.5, 0.6) is 5.75 Å². The highest BCUT2D eigenvalue weighted by Gasteiger charge is 2.27. The van der Waals surface area contributed by atoms with E-state index >= 15 is 0 Å². The van der Waals surface area contributed by atoms with Gasteiger partial charge in [0.25, 0.3) is 47.3 Å². The molecule has 15 N–H and O–H groups in total. The van der Waals surface area contributed by atoms with E-state index < -0.39 is 59.3 Å². The summed E-state index contributed by atoms with van der Waals surface area (Å²) >= 11 is 5.55. The number of carbonyl (C=O) groups is 10. The minimum Gasteiger partial charge on any atom is -0.508 e. The number of aromatic hydroxyl groups is 1. The number of aryl methyl sites for hydroxylation is 8. The van der Waals surface area contributed by atoms with Crippen molar-refractivity contribution in [2.75, 3.05) is 82.3 Å².